The van der Waals surface area contributed by atoms with E-state index in [9.17, 15) is 4.79 Å². The maximum atomic E-state index is 13.5. The predicted octanol–water partition coefficient (Wildman–Crippen LogP) is 6.63. The number of para-hydroxylation sites is 1. The van der Waals surface area contributed by atoms with E-state index >= 15 is 0 Å². The first-order chi connectivity index (χ1) is 18.0. The van der Waals surface area contributed by atoms with Crippen LogP contribution in [0.25, 0.3) is 33.5 Å². The van der Waals surface area contributed by atoms with Gasteiger partial charge in [0.05, 0.1) is 28.2 Å². The third kappa shape index (κ3) is 5.03. The van der Waals surface area contributed by atoms with Crippen LogP contribution in [0, 0.1) is 12.3 Å². The molecule has 3 aromatic carbocycles. The van der Waals surface area contributed by atoms with Crippen molar-refractivity contribution >= 4 is 59.9 Å². The van der Waals surface area contributed by atoms with Crippen LogP contribution >= 0.6 is 31.9 Å². The molecule has 0 spiro atoms. The van der Waals surface area contributed by atoms with Crippen molar-refractivity contribution in [2.24, 2.45) is 5.10 Å². The molecule has 0 amide bonds. The highest BCUT2D eigenvalue weighted by Gasteiger charge is 2.17. The first-order valence-electron chi connectivity index (χ1n) is 11.3. The van der Waals surface area contributed by atoms with Gasteiger partial charge in [-0.2, -0.15) is 9.78 Å². The highest BCUT2D eigenvalue weighted by Crippen LogP contribution is 2.36. The molecule has 0 saturated carbocycles. The molecular formula is C28H19Br2N3O4. The molecule has 0 saturated heterocycles. The Labute approximate surface area is 229 Å². The summed E-state index contributed by atoms with van der Waals surface area (Å²) in [6, 6.07) is 18.2. The Bertz CT molecular complexity index is 1770. The first kappa shape index (κ1) is 24.8. The fourth-order valence-electron chi connectivity index (χ4n) is 3.82. The number of furan rings is 1. The van der Waals surface area contributed by atoms with E-state index in [2.05, 4.69) is 42.9 Å². The number of terminal acetylenes is 1. The van der Waals surface area contributed by atoms with Gasteiger partial charge in [-0.15, -0.1) is 6.42 Å². The van der Waals surface area contributed by atoms with Gasteiger partial charge < -0.3 is 13.9 Å². The van der Waals surface area contributed by atoms with Gasteiger partial charge >= 0.3 is 0 Å². The summed E-state index contributed by atoms with van der Waals surface area (Å²) >= 11 is 6.99. The molecule has 7 nitrogen and oxygen atoms in total. The third-order valence-corrected chi connectivity index (χ3v) is 6.49. The van der Waals surface area contributed by atoms with Gasteiger partial charge in [-0.05, 0) is 76.9 Å². The average molecular weight is 621 g/mol. The van der Waals surface area contributed by atoms with E-state index in [0.717, 1.165) is 9.86 Å². The minimum absolute atomic E-state index is 0.0989. The maximum Gasteiger partial charge on any atom is 0.282 e. The molecule has 184 valence electrons. The zero-order chi connectivity index (χ0) is 25.9. The van der Waals surface area contributed by atoms with Crippen molar-refractivity contribution in [1.29, 1.82) is 0 Å². The molecule has 0 aliphatic rings. The minimum atomic E-state index is -0.323. The molecule has 5 rings (SSSR count). The van der Waals surface area contributed by atoms with Crippen LogP contribution in [-0.4, -0.2) is 29.1 Å². The summed E-state index contributed by atoms with van der Waals surface area (Å²) in [4.78, 5) is 18.2. The second kappa shape index (κ2) is 10.6. The monoisotopic (exact) mass is 619 g/mol. The van der Waals surface area contributed by atoms with Crippen molar-refractivity contribution < 1.29 is 13.9 Å². The van der Waals surface area contributed by atoms with Gasteiger partial charge in [0.1, 0.15) is 12.2 Å². The molecule has 5 aromatic rings. The number of hydrogen-bond acceptors (Lipinski definition) is 6. The molecule has 9 heteroatoms. The predicted molar refractivity (Wildman–Crippen MR) is 152 cm³/mol. The molecule has 0 N–H and O–H groups in total. The van der Waals surface area contributed by atoms with Crippen LogP contribution in [0.2, 0.25) is 0 Å². The van der Waals surface area contributed by atoms with Gasteiger partial charge in [-0.3, -0.25) is 4.79 Å². The summed E-state index contributed by atoms with van der Waals surface area (Å²) in [6.45, 7) is 2.40. The van der Waals surface area contributed by atoms with Crippen LogP contribution in [-0.2, 0) is 0 Å². The van der Waals surface area contributed by atoms with E-state index in [1.54, 1.807) is 36.5 Å². The van der Waals surface area contributed by atoms with E-state index in [-0.39, 0.29) is 18.0 Å². The van der Waals surface area contributed by atoms with E-state index in [1.807, 2.05) is 37.3 Å². The molecule has 0 aliphatic heterocycles. The van der Waals surface area contributed by atoms with Crippen LogP contribution < -0.4 is 15.0 Å². The number of nitrogens with zero attached hydrogens (tertiary/aromatic N) is 3. The van der Waals surface area contributed by atoms with Gasteiger partial charge in [0.25, 0.3) is 5.56 Å². The molecule has 37 heavy (non-hydrogen) atoms. The number of ether oxygens (including phenoxy) is 2. The minimum Gasteiger partial charge on any atom is -0.490 e. The molecule has 0 bridgehead atoms. The highest BCUT2D eigenvalue weighted by molar-refractivity contribution is 9.10. The summed E-state index contributed by atoms with van der Waals surface area (Å²) < 4.78 is 20.2. The lowest BCUT2D eigenvalue weighted by molar-refractivity contribution is 0.298. The second-order valence-electron chi connectivity index (χ2n) is 7.86. The lowest BCUT2D eigenvalue weighted by Crippen LogP contribution is -2.20. The van der Waals surface area contributed by atoms with E-state index in [0.29, 0.717) is 50.4 Å². The van der Waals surface area contributed by atoms with Gasteiger partial charge in [0.15, 0.2) is 17.3 Å². The molecule has 0 radical (unpaired) electrons. The van der Waals surface area contributed by atoms with Crippen molar-refractivity contribution in [3.05, 3.63) is 85.5 Å². The molecule has 0 fully saturated rings. The van der Waals surface area contributed by atoms with Gasteiger partial charge in [-0.25, -0.2) is 4.98 Å². The topological polar surface area (TPSA) is 78.9 Å². The molecule has 2 heterocycles. The van der Waals surface area contributed by atoms with Crippen molar-refractivity contribution in [1.82, 2.24) is 9.66 Å². The standard InChI is InChI=1S/C28H19Br2N3O4/c1-3-11-36-26-21(30)12-17(13-24(26)35-4-2)16-31-33-27(32-22-8-6-5-7-20(22)28(33)34)25-15-18-14-19(29)9-10-23(18)37-25/h1,5-10,12-16H,4,11H2,2H3. The quantitative estimate of drug-likeness (QED) is 0.151. The number of fused-ring (bicyclic) bond motifs is 2. The zero-order valence-corrected chi connectivity index (χ0v) is 22.7. The maximum absolute atomic E-state index is 13.5. The van der Waals surface area contributed by atoms with Crippen LogP contribution in [0.3, 0.4) is 0 Å². The van der Waals surface area contributed by atoms with Crippen LogP contribution in [0.5, 0.6) is 11.5 Å². The summed E-state index contributed by atoms with van der Waals surface area (Å²) in [5.41, 5.74) is 1.57. The van der Waals surface area contributed by atoms with E-state index in [1.165, 1.54) is 4.68 Å². The number of benzene rings is 3. The molecular weight excluding hydrogens is 602 g/mol. The Balaban J connectivity index is 1.65. The van der Waals surface area contributed by atoms with Gasteiger partial charge in [0.2, 0.25) is 5.82 Å². The summed E-state index contributed by atoms with van der Waals surface area (Å²) in [7, 11) is 0. The Morgan fingerprint density at radius 3 is 2.78 bits per heavy atom. The Morgan fingerprint density at radius 2 is 1.97 bits per heavy atom. The van der Waals surface area contributed by atoms with Crippen molar-refractivity contribution in [3.8, 4) is 35.4 Å². The smallest absolute Gasteiger partial charge is 0.282 e. The number of aromatic nitrogens is 2. The largest absolute Gasteiger partial charge is 0.490 e. The first-order valence-corrected chi connectivity index (χ1v) is 12.9. The second-order valence-corrected chi connectivity index (χ2v) is 9.63. The van der Waals surface area contributed by atoms with Crippen LogP contribution in [0.4, 0.5) is 0 Å². The fraction of sp³-hybridized carbons (Fsp3) is 0.107. The Morgan fingerprint density at radius 1 is 1.14 bits per heavy atom. The average Bonchev–Trinajstić information content (AvgIpc) is 3.31. The number of halogens is 2. The molecule has 2 aromatic heterocycles. The van der Waals surface area contributed by atoms with Crippen molar-refractivity contribution in [3.63, 3.8) is 0 Å². The van der Waals surface area contributed by atoms with Gasteiger partial charge in [0, 0.05) is 9.86 Å². The summed E-state index contributed by atoms with van der Waals surface area (Å²) in [5, 5.41) is 5.83. The van der Waals surface area contributed by atoms with Crippen LogP contribution in [0.15, 0.2) is 83.9 Å². The number of rotatable bonds is 7. The van der Waals surface area contributed by atoms with Crippen molar-refractivity contribution in [2.45, 2.75) is 6.92 Å². The normalized spacial score (nSPS) is 11.3. The summed E-state index contributed by atoms with van der Waals surface area (Å²) in [5.74, 6) is 4.15. The SMILES string of the molecule is C#CCOc1c(Br)cc(C=Nn2c(-c3cc4cc(Br)ccc4o3)nc3ccccc3c2=O)cc1OCC. The lowest BCUT2D eigenvalue weighted by atomic mass is 10.2. The van der Waals surface area contributed by atoms with Gasteiger partial charge in [-0.1, -0.05) is 34.0 Å². The lowest BCUT2D eigenvalue weighted by Gasteiger charge is -2.13. The third-order valence-electron chi connectivity index (χ3n) is 5.41. The molecule has 0 aliphatic carbocycles. The number of hydrogen-bond donors (Lipinski definition) is 0. The molecule has 0 atom stereocenters. The molecule has 0 unspecified atom stereocenters. The van der Waals surface area contributed by atoms with Crippen LogP contribution in [0.1, 0.15) is 12.5 Å². The fourth-order valence-corrected chi connectivity index (χ4v) is 4.77. The van der Waals surface area contributed by atoms with Crippen molar-refractivity contribution in [2.75, 3.05) is 13.2 Å². The Kier molecular flexibility index (Phi) is 7.12. The zero-order valence-electron chi connectivity index (χ0n) is 19.6. The van der Waals surface area contributed by atoms with E-state index < -0.39 is 0 Å². The Hall–Kier alpha value is -3.87. The van der Waals surface area contributed by atoms with E-state index in [4.69, 9.17) is 25.3 Å². The summed E-state index contributed by atoms with van der Waals surface area (Å²) in [6.07, 6.45) is 6.89. The highest BCUT2D eigenvalue weighted by atomic mass is 79.9.